The van der Waals surface area contributed by atoms with Gasteiger partial charge in [-0.15, -0.1) is 0 Å². The molecule has 1 aromatic rings. The number of hydrogen-bond acceptors (Lipinski definition) is 5. The number of nitrogens with zero attached hydrogens (tertiary/aromatic N) is 1. The minimum absolute atomic E-state index is 0.0212. The number of esters is 1. The van der Waals surface area contributed by atoms with E-state index in [0.717, 1.165) is 5.56 Å². The van der Waals surface area contributed by atoms with E-state index >= 15 is 0 Å². The first-order chi connectivity index (χ1) is 13.1. The second kappa shape index (κ2) is 9.39. The smallest absolute Gasteiger partial charge is 0.407 e. The van der Waals surface area contributed by atoms with Crippen LogP contribution in [0, 0.1) is 10.8 Å². The van der Waals surface area contributed by atoms with E-state index < -0.39 is 23.6 Å². The predicted molar refractivity (Wildman–Crippen MR) is 104 cm³/mol. The molecule has 0 aromatic heterocycles. The highest BCUT2D eigenvalue weighted by atomic mass is 16.5. The van der Waals surface area contributed by atoms with Gasteiger partial charge < -0.3 is 24.6 Å². The van der Waals surface area contributed by atoms with Crippen LogP contribution in [0.5, 0.6) is 0 Å². The quantitative estimate of drug-likeness (QED) is 0.692. The Labute approximate surface area is 166 Å². The monoisotopic (exact) mass is 393 g/mol. The van der Waals surface area contributed by atoms with Gasteiger partial charge in [-0.2, -0.15) is 0 Å². The Morgan fingerprint density at radius 1 is 1.18 bits per heavy atom. The zero-order valence-electron chi connectivity index (χ0n) is 16.9. The van der Waals surface area contributed by atoms with Crippen molar-refractivity contribution < 1.29 is 29.3 Å². The number of rotatable bonds is 7. The highest BCUT2D eigenvalue weighted by molar-refractivity contribution is 5.78. The minimum Gasteiger partial charge on any atom is -0.465 e. The van der Waals surface area contributed by atoms with E-state index in [-0.39, 0.29) is 44.6 Å². The fourth-order valence-electron chi connectivity index (χ4n) is 3.22. The van der Waals surface area contributed by atoms with Crippen LogP contribution in [-0.4, -0.2) is 59.6 Å². The molecule has 7 nitrogen and oxygen atoms in total. The summed E-state index contributed by atoms with van der Waals surface area (Å²) in [7, 11) is 0. The van der Waals surface area contributed by atoms with Crippen LogP contribution in [0.1, 0.15) is 39.2 Å². The molecule has 1 atom stereocenters. The largest absolute Gasteiger partial charge is 0.465 e. The van der Waals surface area contributed by atoms with Crippen LogP contribution >= 0.6 is 0 Å². The molecular weight excluding hydrogens is 362 g/mol. The minimum atomic E-state index is -1.16. The van der Waals surface area contributed by atoms with Gasteiger partial charge in [0, 0.05) is 13.1 Å². The molecule has 2 rings (SSSR count). The number of carbonyl (C=O) groups excluding carboxylic acids is 1. The predicted octanol–water partition coefficient (Wildman–Crippen LogP) is 2.91. The molecule has 156 valence electrons. The van der Waals surface area contributed by atoms with Crippen molar-refractivity contribution in [3.8, 4) is 0 Å². The summed E-state index contributed by atoms with van der Waals surface area (Å²) >= 11 is 0. The lowest BCUT2D eigenvalue weighted by Gasteiger charge is -2.42. The maximum Gasteiger partial charge on any atom is 0.407 e. The third kappa shape index (κ3) is 5.94. The maximum atomic E-state index is 12.9. The first-order valence-electron chi connectivity index (χ1n) is 9.59. The van der Waals surface area contributed by atoms with Gasteiger partial charge in [0.15, 0.2) is 0 Å². The number of likely N-dealkylation sites (tertiary alicyclic amines) is 1. The summed E-state index contributed by atoms with van der Waals surface area (Å²) in [6.45, 7) is 6.76. The zero-order valence-corrected chi connectivity index (χ0v) is 16.9. The summed E-state index contributed by atoms with van der Waals surface area (Å²) in [5.74, 6) is -0.483. The highest BCUT2D eigenvalue weighted by Crippen LogP contribution is 2.37. The first kappa shape index (κ1) is 22.2. The number of ether oxygens (including phenoxy) is 2. The second-order valence-electron chi connectivity index (χ2n) is 8.58. The molecule has 2 N–H and O–H groups in total. The summed E-state index contributed by atoms with van der Waals surface area (Å²) < 4.78 is 11.2. The van der Waals surface area contributed by atoms with Crippen molar-refractivity contribution in [2.45, 2.75) is 46.3 Å². The Bertz CT molecular complexity index is 647. The van der Waals surface area contributed by atoms with Crippen LogP contribution < -0.4 is 0 Å². The van der Waals surface area contributed by atoms with E-state index in [4.69, 9.17) is 9.47 Å². The Morgan fingerprint density at radius 2 is 1.79 bits per heavy atom. The van der Waals surface area contributed by atoms with Crippen molar-refractivity contribution in [3.63, 3.8) is 0 Å². The van der Waals surface area contributed by atoms with Gasteiger partial charge in [0.05, 0.1) is 31.3 Å². The van der Waals surface area contributed by atoms with Gasteiger partial charge >= 0.3 is 12.1 Å². The van der Waals surface area contributed by atoms with Gasteiger partial charge in [-0.1, -0.05) is 51.1 Å². The topological polar surface area (TPSA) is 96.3 Å². The van der Waals surface area contributed by atoms with Crippen molar-refractivity contribution in [2.75, 3.05) is 26.3 Å². The van der Waals surface area contributed by atoms with E-state index in [1.54, 1.807) is 0 Å². The number of aliphatic hydroxyl groups excluding tert-OH is 1. The van der Waals surface area contributed by atoms with E-state index in [2.05, 4.69) is 0 Å². The van der Waals surface area contributed by atoms with Crippen molar-refractivity contribution in [1.29, 1.82) is 0 Å². The molecule has 1 unspecified atom stereocenters. The van der Waals surface area contributed by atoms with Crippen LogP contribution in [-0.2, 0) is 20.9 Å². The Hall–Kier alpha value is -2.12. The van der Waals surface area contributed by atoms with Crippen molar-refractivity contribution >= 4 is 12.1 Å². The molecule has 1 amide bonds. The third-order valence-corrected chi connectivity index (χ3v) is 4.99. The average Bonchev–Trinajstić information content (AvgIpc) is 2.66. The molecule has 1 fully saturated rings. The van der Waals surface area contributed by atoms with Gasteiger partial charge in [0.2, 0.25) is 0 Å². The van der Waals surface area contributed by atoms with E-state index in [1.807, 2.05) is 51.1 Å². The number of carbonyl (C=O) groups is 2. The molecule has 0 bridgehead atoms. The molecule has 7 heteroatoms. The van der Waals surface area contributed by atoms with E-state index in [1.165, 1.54) is 4.90 Å². The maximum absolute atomic E-state index is 12.9. The molecule has 1 saturated heterocycles. The molecule has 0 saturated carbocycles. The first-order valence-corrected chi connectivity index (χ1v) is 9.59. The van der Waals surface area contributed by atoms with Crippen LogP contribution in [0.2, 0.25) is 0 Å². The molecule has 1 aliphatic rings. The van der Waals surface area contributed by atoms with Crippen LogP contribution in [0.25, 0.3) is 0 Å². The van der Waals surface area contributed by atoms with Gasteiger partial charge in [0.25, 0.3) is 0 Å². The van der Waals surface area contributed by atoms with Gasteiger partial charge in [-0.3, -0.25) is 4.79 Å². The second-order valence-corrected chi connectivity index (χ2v) is 8.58. The number of carboxylic acid groups (broad SMARTS) is 1. The number of piperidine rings is 1. The number of hydrogen-bond donors (Lipinski definition) is 2. The lowest BCUT2D eigenvalue weighted by Crippen LogP contribution is -2.54. The van der Waals surface area contributed by atoms with Crippen molar-refractivity contribution in [1.82, 2.24) is 4.90 Å². The molecule has 0 spiro atoms. The molecule has 1 aromatic carbocycles. The summed E-state index contributed by atoms with van der Waals surface area (Å²) in [5.41, 5.74) is -0.388. The number of benzene rings is 1. The summed E-state index contributed by atoms with van der Waals surface area (Å²) in [6.07, 6.45) is -1.68. The third-order valence-electron chi connectivity index (χ3n) is 4.99. The summed E-state index contributed by atoms with van der Waals surface area (Å²) in [5, 5.41) is 20.0. The van der Waals surface area contributed by atoms with Crippen LogP contribution in [0.4, 0.5) is 4.79 Å². The number of aliphatic hydroxyl groups is 1. The van der Waals surface area contributed by atoms with Crippen LogP contribution in [0.3, 0.4) is 0 Å². The van der Waals surface area contributed by atoms with Gasteiger partial charge in [-0.05, 0) is 23.8 Å². The Morgan fingerprint density at radius 3 is 2.32 bits per heavy atom. The fourth-order valence-corrected chi connectivity index (χ4v) is 3.22. The summed E-state index contributed by atoms with van der Waals surface area (Å²) in [4.78, 5) is 25.4. The Balaban J connectivity index is 2.04. The average molecular weight is 393 g/mol. The van der Waals surface area contributed by atoms with E-state index in [9.17, 15) is 19.8 Å². The summed E-state index contributed by atoms with van der Waals surface area (Å²) in [6, 6.07) is 9.56. The van der Waals surface area contributed by atoms with E-state index in [0.29, 0.717) is 6.61 Å². The molecule has 1 heterocycles. The van der Waals surface area contributed by atoms with Crippen molar-refractivity contribution in [2.24, 2.45) is 10.8 Å². The normalized spacial score (nSPS) is 17.8. The molecule has 28 heavy (non-hydrogen) atoms. The van der Waals surface area contributed by atoms with Gasteiger partial charge in [-0.25, -0.2) is 4.79 Å². The molecule has 0 aliphatic carbocycles. The molecular formula is C21H31NO6. The SMILES string of the molecule is CC(C)(C)COC(=O)C1(C(O)COCc2ccccc2)CCN(C(=O)O)CC1. The zero-order chi connectivity index (χ0) is 20.8. The highest BCUT2D eigenvalue weighted by Gasteiger charge is 2.49. The van der Waals surface area contributed by atoms with Crippen LogP contribution in [0.15, 0.2) is 30.3 Å². The lowest BCUT2D eigenvalue weighted by atomic mass is 9.73. The molecule has 0 radical (unpaired) electrons. The van der Waals surface area contributed by atoms with Gasteiger partial charge in [0.1, 0.15) is 0 Å². The number of amides is 1. The Kier molecular flexibility index (Phi) is 7.43. The fraction of sp³-hybridized carbons (Fsp3) is 0.619. The van der Waals surface area contributed by atoms with Crippen molar-refractivity contribution in [3.05, 3.63) is 35.9 Å². The molecule has 1 aliphatic heterocycles. The standard InChI is InChI=1S/C21H31NO6/c1-20(2,3)15-28-18(24)21(9-11-22(12-10-21)19(25)26)17(23)14-27-13-16-7-5-4-6-8-16/h4-8,17,23H,9-15H2,1-3H3,(H,25,26). The lowest BCUT2D eigenvalue weighted by molar-refractivity contribution is -0.174.